The molecule has 3 aromatic rings. The fraction of sp³-hybridized carbons (Fsp3) is 0.304. The second kappa shape index (κ2) is 9.33. The Balaban J connectivity index is 1.71. The molecule has 3 rings (SSSR count). The lowest BCUT2D eigenvalue weighted by atomic mass is 10.0. The molecule has 0 aliphatic carbocycles. The van der Waals surface area contributed by atoms with Gasteiger partial charge in [-0.3, -0.25) is 9.69 Å². The van der Waals surface area contributed by atoms with Crippen LogP contribution in [-0.2, 0) is 0 Å². The van der Waals surface area contributed by atoms with E-state index in [-0.39, 0.29) is 11.9 Å². The summed E-state index contributed by atoms with van der Waals surface area (Å²) < 4.78 is 5.35. The van der Waals surface area contributed by atoms with Crippen LogP contribution < -0.4 is 5.32 Å². The van der Waals surface area contributed by atoms with Gasteiger partial charge in [0.25, 0.3) is 5.91 Å². The third kappa shape index (κ3) is 4.67. The maximum absolute atomic E-state index is 12.6. The van der Waals surface area contributed by atoms with Crippen molar-refractivity contribution in [1.29, 1.82) is 0 Å². The largest absolute Gasteiger partial charge is 0.355 e. The van der Waals surface area contributed by atoms with Crippen molar-refractivity contribution in [2.45, 2.75) is 26.8 Å². The average molecular weight is 377 g/mol. The summed E-state index contributed by atoms with van der Waals surface area (Å²) in [5.74, 6) is 0.361. The summed E-state index contributed by atoms with van der Waals surface area (Å²) in [4.78, 5) is 15.0. The third-order valence-electron chi connectivity index (χ3n) is 4.97. The number of likely N-dealkylation sites (N-methyl/N-ethyl adjacent to an activating group) is 1. The number of nitrogens with one attached hydrogen (secondary N) is 1. The molecule has 1 aromatic heterocycles. The van der Waals surface area contributed by atoms with Gasteiger partial charge in [-0.2, -0.15) is 0 Å². The molecule has 28 heavy (non-hydrogen) atoms. The molecule has 1 N–H and O–H groups in total. The Morgan fingerprint density at radius 1 is 1.07 bits per heavy atom. The standard InChI is InChI=1S/C23H27N3O2/c1-4-26(5-2)21(18-13-11-17(3)12-14-18)16-24-23(27)20-15-22(28-25-20)19-9-7-6-8-10-19/h6-15,21H,4-5,16H2,1-3H3,(H,24,27). The summed E-state index contributed by atoms with van der Waals surface area (Å²) in [6.45, 7) is 8.68. The number of aryl methyl sites for hydroxylation is 1. The number of aromatic nitrogens is 1. The van der Waals surface area contributed by atoms with Crippen LogP contribution in [0.1, 0.15) is 41.5 Å². The Hall–Kier alpha value is -2.92. The van der Waals surface area contributed by atoms with Gasteiger partial charge in [-0.05, 0) is 25.6 Å². The van der Waals surface area contributed by atoms with Crippen LogP contribution in [-0.4, -0.2) is 35.6 Å². The number of carbonyl (C=O) groups excluding carboxylic acids is 1. The highest BCUT2D eigenvalue weighted by atomic mass is 16.5. The fourth-order valence-electron chi connectivity index (χ4n) is 3.31. The average Bonchev–Trinajstić information content (AvgIpc) is 3.23. The number of benzene rings is 2. The zero-order chi connectivity index (χ0) is 19.9. The minimum Gasteiger partial charge on any atom is -0.355 e. The summed E-state index contributed by atoms with van der Waals surface area (Å²) in [6, 6.07) is 19.9. The number of hydrogen-bond donors (Lipinski definition) is 1. The van der Waals surface area contributed by atoms with Crippen molar-refractivity contribution >= 4 is 5.91 Å². The molecule has 0 radical (unpaired) electrons. The molecule has 1 heterocycles. The Kier molecular flexibility index (Phi) is 6.61. The van der Waals surface area contributed by atoms with E-state index in [9.17, 15) is 4.79 Å². The molecule has 2 aromatic carbocycles. The minimum atomic E-state index is -0.227. The van der Waals surface area contributed by atoms with Crippen molar-refractivity contribution in [3.63, 3.8) is 0 Å². The van der Waals surface area contributed by atoms with Gasteiger partial charge < -0.3 is 9.84 Å². The van der Waals surface area contributed by atoms with Gasteiger partial charge in [0.15, 0.2) is 11.5 Å². The van der Waals surface area contributed by atoms with Crippen LogP contribution in [0, 0.1) is 6.92 Å². The van der Waals surface area contributed by atoms with Crippen molar-refractivity contribution in [2.75, 3.05) is 19.6 Å². The monoisotopic (exact) mass is 377 g/mol. The van der Waals surface area contributed by atoms with Crippen molar-refractivity contribution in [1.82, 2.24) is 15.4 Å². The molecule has 0 spiro atoms. The van der Waals surface area contributed by atoms with E-state index in [1.807, 2.05) is 30.3 Å². The highest BCUT2D eigenvalue weighted by Crippen LogP contribution is 2.22. The van der Waals surface area contributed by atoms with Crippen molar-refractivity contribution in [3.8, 4) is 11.3 Å². The number of amides is 1. The Labute approximate surface area is 166 Å². The lowest BCUT2D eigenvalue weighted by Gasteiger charge is -2.30. The molecule has 146 valence electrons. The zero-order valence-corrected chi connectivity index (χ0v) is 16.7. The topological polar surface area (TPSA) is 58.4 Å². The molecule has 1 unspecified atom stereocenters. The van der Waals surface area contributed by atoms with E-state index in [1.54, 1.807) is 6.07 Å². The third-order valence-corrected chi connectivity index (χ3v) is 4.97. The van der Waals surface area contributed by atoms with E-state index in [0.29, 0.717) is 18.0 Å². The van der Waals surface area contributed by atoms with Gasteiger partial charge >= 0.3 is 0 Å². The molecular weight excluding hydrogens is 350 g/mol. The van der Waals surface area contributed by atoms with Gasteiger partial charge in [0.2, 0.25) is 0 Å². The number of nitrogens with zero attached hydrogens (tertiary/aromatic N) is 2. The molecule has 0 fully saturated rings. The zero-order valence-electron chi connectivity index (χ0n) is 16.7. The number of hydrogen-bond acceptors (Lipinski definition) is 4. The van der Waals surface area contributed by atoms with Gasteiger partial charge in [-0.15, -0.1) is 0 Å². The molecule has 0 bridgehead atoms. The van der Waals surface area contributed by atoms with E-state index in [1.165, 1.54) is 11.1 Å². The maximum Gasteiger partial charge on any atom is 0.273 e. The van der Waals surface area contributed by atoms with E-state index in [0.717, 1.165) is 18.7 Å². The van der Waals surface area contributed by atoms with Crippen LogP contribution in [0.15, 0.2) is 65.2 Å². The molecule has 5 heteroatoms. The van der Waals surface area contributed by atoms with Crippen LogP contribution >= 0.6 is 0 Å². The quantitative estimate of drug-likeness (QED) is 0.629. The van der Waals surface area contributed by atoms with Gasteiger partial charge in [0.05, 0.1) is 6.04 Å². The lowest BCUT2D eigenvalue weighted by molar-refractivity contribution is 0.0926. The lowest BCUT2D eigenvalue weighted by Crippen LogP contribution is -2.38. The van der Waals surface area contributed by atoms with Gasteiger partial charge in [-0.1, -0.05) is 79.2 Å². The first kappa shape index (κ1) is 19.8. The summed E-state index contributed by atoms with van der Waals surface area (Å²) in [5.41, 5.74) is 3.61. The molecule has 1 atom stereocenters. The van der Waals surface area contributed by atoms with E-state index in [4.69, 9.17) is 4.52 Å². The summed E-state index contributed by atoms with van der Waals surface area (Å²) in [7, 11) is 0. The fourth-order valence-corrected chi connectivity index (χ4v) is 3.31. The van der Waals surface area contributed by atoms with Crippen molar-refractivity contribution < 1.29 is 9.32 Å². The van der Waals surface area contributed by atoms with Crippen molar-refractivity contribution in [2.24, 2.45) is 0 Å². The molecule has 0 aliphatic heterocycles. The Bertz CT molecular complexity index is 884. The van der Waals surface area contributed by atoms with Crippen LogP contribution in [0.25, 0.3) is 11.3 Å². The number of carbonyl (C=O) groups is 1. The predicted octanol–water partition coefficient (Wildman–Crippen LogP) is 4.46. The molecule has 1 amide bonds. The normalized spacial score (nSPS) is 12.1. The molecule has 0 saturated carbocycles. The number of rotatable bonds is 8. The smallest absolute Gasteiger partial charge is 0.273 e. The van der Waals surface area contributed by atoms with Crippen LogP contribution in [0.4, 0.5) is 0 Å². The first-order valence-electron chi connectivity index (χ1n) is 9.73. The van der Waals surface area contributed by atoms with Gasteiger partial charge in [0, 0.05) is 18.2 Å². The van der Waals surface area contributed by atoms with Crippen LogP contribution in [0.3, 0.4) is 0 Å². The summed E-state index contributed by atoms with van der Waals surface area (Å²) in [5, 5.41) is 6.96. The predicted molar refractivity (Wildman–Crippen MR) is 111 cm³/mol. The minimum absolute atomic E-state index is 0.111. The second-order valence-corrected chi connectivity index (χ2v) is 6.80. The summed E-state index contributed by atoms with van der Waals surface area (Å²) >= 11 is 0. The first-order valence-corrected chi connectivity index (χ1v) is 9.73. The molecule has 0 aliphatic rings. The Morgan fingerprint density at radius 3 is 2.39 bits per heavy atom. The highest BCUT2D eigenvalue weighted by Gasteiger charge is 2.20. The molecule has 0 saturated heterocycles. The molecular formula is C23H27N3O2. The van der Waals surface area contributed by atoms with Gasteiger partial charge in [-0.25, -0.2) is 0 Å². The summed E-state index contributed by atoms with van der Waals surface area (Å²) in [6.07, 6.45) is 0. The maximum atomic E-state index is 12.6. The van der Waals surface area contributed by atoms with Crippen molar-refractivity contribution in [3.05, 3.63) is 77.5 Å². The van der Waals surface area contributed by atoms with E-state index < -0.39 is 0 Å². The van der Waals surface area contributed by atoms with Gasteiger partial charge in [0.1, 0.15) is 0 Å². The first-order chi connectivity index (χ1) is 13.6. The van der Waals surface area contributed by atoms with E-state index >= 15 is 0 Å². The second-order valence-electron chi connectivity index (χ2n) is 6.80. The Morgan fingerprint density at radius 2 is 1.75 bits per heavy atom. The van der Waals surface area contributed by atoms with Crippen LogP contribution in [0.2, 0.25) is 0 Å². The van der Waals surface area contributed by atoms with Crippen LogP contribution in [0.5, 0.6) is 0 Å². The molecule has 5 nitrogen and oxygen atoms in total. The highest BCUT2D eigenvalue weighted by molar-refractivity contribution is 5.93. The van der Waals surface area contributed by atoms with E-state index in [2.05, 4.69) is 60.4 Å². The SMILES string of the molecule is CCN(CC)C(CNC(=O)c1cc(-c2ccccc2)on1)c1ccc(C)cc1.